The Morgan fingerprint density at radius 3 is 2.39 bits per heavy atom. The number of amides is 1. The van der Waals surface area contributed by atoms with Crippen molar-refractivity contribution in [2.45, 2.75) is 48.2 Å². The van der Waals surface area contributed by atoms with Crippen molar-refractivity contribution in [2.75, 3.05) is 19.8 Å². The molecule has 3 aromatic rings. The fourth-order valence-corrected chi connectivity index (χ4v) is 5.86. The quantitative estimate of drug-likeness (QED) is 0.437. The molecule has 33 heavy (non-hydrogen) atoms. The lowest BCUT2D eigenvalue weighted by Gasteiger charge is -2.33. The van der Waals surface area contributed by atoms with Gasteiger partial charge < -0.3 is 15.2 Å². The third kappa shape index (κ3) is 5.63. The third-order valence-corrected chi connectivity index (χ3v) is 8.35. The third-order valence-electron chi connectivity index (χ3n) is 6.33. The summed E-state index contributed by atoms with van der Waals surface area (Å²) in [6.45, 7) is 1.44. The van der Waals surface area contributed by atoms with Crippen LogP contribution in [0.5, 0.6) is 5.75 Å². The van der Waals surface area contributed by atoms with Crippen molar-refractivity contribution < 1.29 is 18.5 Å². The van der Waals surface area contributed by atoms with Crippen molar-refractivity contribution >= 4 is 27.5 Å². The van der Waals surface area contributed by atoms with E-state index in [1.807, 2.05) is 12.1 Å². The lowest BCUT2D eigenvalue weighted by atomic mass is 9.98. The van der Waals surface area contributed by atoms with Crippen LogP contribution in [0.2, 0.25) is 0 Å². The maximum absolute atomic E-state index is 13.1. The number of carbonyl (C=O) groups is 1. The van der Waals surface area contributed by atoms with Gasteiger partial charge >= 0.3 is 0 Å². The molecule has 1 aliphatic rings. The van der Waals surface area contributed by atoms with Crippen molar-refractivity contribution in [2.24, 2.45) is 5.73 Å². The topological polar surface area (TPSA) is 78.6 Å². The highest BCUT2D eigenvalue weighted by Crippen LogP contribution is 2.32. The normalized spacial score (nSPS) is 16.4. The number of rotatable bonds is 10. The molecule has 0 aliphatic carbocycles. The van der Waals surface area contributed by atoms with Gasteiger partial charge in [-0.15, -0.1) is 0 Å². The smallest absolute Gasteiger partial charge is 0.236 e. The van der Waals surface area contributed by atoms with Crippen molar-refractivity contribution in [3.63, 3.8) is 0 Å². The number of aryl methyl sites for hydroxylation is 1. The lowest BCUT2D eigenvalue weighted by molar-refractivity contribution is -0.122. The first-order chi connectivity index (χ1) is 16.1. The number of nitrogens with two attached hydrogens (primary N) is 1. The minimum absolute atomic E-state index is 0.381. The number of fused-ring (bicyclic) bond motifs is 1. The summed E-state index contributed by atoms with van der Waals surface area (Å²) >= 11 is 0. The Kier molecular flexibility index (Phi) is 7.78. The van der Waals surface area contributed by atoms with Gasteiger partial charge in [0.2, 0.25) is 5.91 Å². The minimum Gasteiger partial charge on any atom is -0.494 e. The summed E-state index contributed by atoms with van der Waals surface area (Å²) in [5.41, 5.74) is 7.00. The molecule has 1 fully saturated rings. The van der Waals surface area contributed by atoms with E-state index in [4.69, 9.17) is 15.2 Å². The van der Waals surface area contributed by atoms with Crippen LogP contribution in [0.1, 0.15) is 37.7 Å². The number of carbonyl (C=O) groups excluding carboxylic acids is 1. The zero-order valence-electron chi connectivity index (χ0n) is 18.8. The van der Waals surface area contributed by atoms with Crippen LogP contribution in [-0.2, 0) is 26.8 Å². The first-order valence-corrected chi connectivity index (χ1v) is 12.7. The summed E-state index contributed by atoms with van der Waals surface area (Å²) in [6.07, 6.45) is 5.03. The van der Waals surface area contributed by atoms with Crippen LogP contribution in [0.4, 0.5) is 0 Å². The van der Waals surface area contributed by atoms with Gasteiger partial charge in [-0.1, -0.05) is 42.5 Å². The maximum Gasteiger partial charge on any atom is 0.236 e. The summed E-state index contributed by atoms with van der Waals surface area (Å²) in [6, 6.07) is 22.3. The summed E-state index contributed by atoms with van der Waals surface area (Å²) < 4.78 is 23.3. The number of hydrogen-bond acceptors (Lipinski definition) is 4. The van der Waals surface area contributed by atoms with Crippen LogP contribution in [0, 0.1) is 0 Å². The van der Waals surface area contributed by atoms with Gasteiger partial charge in [0.1, 0.15) is 10.5 Å². The molecule has 1 atom stereocenters. The SMILES string of the molecule is NC(=O)C1(S(=O)c2ccc(OCCCCCc3ccc4ccccc4c3)cc2)CCOCC1. The van der Waals surface area contributed by atoms with Crippen LogP contribution in [-0.4, -0.2) is 34.7 Å². The second kappa shape index (κ2) is 10.9. The molecule has 0 saturated carbocycles. The van der Waals surface area contributed by atoms with E-state index in [-0.39, 0.29) is 0 Å². The molecule has 0 aromatic heterocycles. The van der Waals surface area contributed by atoms with Crippen LogP contribution in [0.25, 0.3) is 10.8 Å². The van der Waals surface area contributed by atoms with Gasteiger partial charge in [0.15, 0.2) is 0 Å². The molecule has 1 aliphatic heterocycles. The average Bonchev–Trinajstić information content (AvgIpc) is 2.86. The fraction of sp³-hybridized carbons (Fsp3) is 0.370. The Hall–Kier alpha value is -2.70. The Bertz CT molecular complexity index is 1110. The fourth-order valence-electron chi connectivity index (χ4n) is 4.30. The summed E-state index contributed by atoms with van der Waals surface area (Å²) in [7, 11) is -1.51. The van der Waals surface area contributed by atoms with Crippen molar-refractivity contribution in [1.29, 1.82) is 0 Å². The van der Waals surface area contributed by atoms with E-state index in [1.54, 1.807) is 12.1 Å². The minimum atomic E-state index is -1.51. The molecule has 0 bridgehead atoms. The zero-order chi connectivity index (χ0) is 23.1. The van der Waals surface area contributed by atoms with Gasteiger partial charge in [0.25, 0.3) is 0 Å². The van der Waals surface area contributed by atoms with Gasteiger partial charge in [0, 0.05) is 18.1 Å². The van der Waals surface area contributed by atoms with Crippen LogP contribution < -0.4 is 10.5 Å². The van der Waals surface area contributed by atoms with Gasteiger partial charge in [0.05, 0.1) is 17.4 Å². The van der Waals surface area contributed by atoms with Crippen molar-refractivity contribution in [1.82, 2.24) is 0 Å². The van der Waals surface area contributed by atoms with Crippen LogP contribution in [0.15, 0.2) is 71.6 Å². The van der Waals surface area contributed by atoms with E-state index in [0.29, 0.717) is 37.6 Å². The lowest BCUT2D eigenvalue weighted by Crippen LogP contribution is -2.51. The number of primary amides is 1. The molecule has 2 N–H and O–H groups in total. The highest BCUT2D eigenvalue weighted by Gasteiger charge is 2.45. The second-order valence-corrected chi connectivity index (χ2v) is 10.3. The number of hydrogen-bond donors (Lipinski definition) is 1. The van der Waals surface area contributed by atoms with E-state index in [9.17, 15) is 9.00 Å². The molecule has 1 amide bonds. The Labute approximate surface area is 197 Å². The molecule has 1 heterocycles. The van der Waals surface area contributed by atoms with Gasteiger partial charge in [-0.3, -0.25) is 9.00 Å². The highest BCUT2D eigenvalue weighted by molar-refractivity contribution is 7.87. The number of benzene rings is 3. The number of unbranched alkanes of at least 4 members (excludes halogenated alkanes) is 2. The highest BCUT2D eigenvalue weighted by atomic mass is 32.2. The largest absolute Gasteiger partial charge is 0.494 e. The summed E-state index contributed by atoms with van der Waals surface area (Å²) in [4.78, 5) is 12.7. The second-order valence-electron chi connectivity index (χ2n) is 8.55. The van der Waals surface area contributed by atoms with Crippen molar-refractivity contribution in [3.05, 3.63) is 72.3 Å². The maximum atomic E-state index is 13.1. The van der Waals surface area contributed by atoms with Crippen LogP contribution >= 0.6 is 0 Å². The Balaban J connectivity index is 1.21. The molecule has 1 unspecified atom stereocenters. The monoisotopic (exact) mass is 465 g/mol. The Morgan fingerprint density at radius 1 is 0.939 bits per heavy atom. The van der Waals surface area contributed by atoms with Gasteiger partial charge in [-0.2, -0.15) is 0 Å². The van der Waals surface area contributed by atoms with E-state index in [1.165, 1.54) is 16.3 Å². The van der Waals surface area contributed by atoms with Gasteiger partial charge in [-0.25, -0.2) is 0 Å². The molecule has 1 saturated heterocycles. The van der Waals surface area contributed by atoms with E-state index < -0.39 is 21.5 Å². The predicted molar refractivity (Wildman–Crippen MR) is 132 cm³/mol. The predicted octanol–water partition coefficient (Wildman–Crippen LogP) is 4.77. The molecular weight excluding hydrogens is 434 g/mol. The zero-order valence-corrected chi connectivity index (χ0v) is 19.6. The van der Waals surface area contributed by atoms with E-state index >= 15 is 0 Å². The van der Waals surface area contributed by atoms with Crippen molar-refractivity contribution in [3.8, 4) is 5.75 Å². The molecule has 3 aromatic carbocycles. The van der Waals surface area contributed by atoms with E-state index in [0.717, 1.165) is 31.4 Å². The first kappa shape index (κ1) is 23.5. The molecule has 5 nitrogen and oxygen atoms in total. The molecule has 0 radical (unpaired) electrons. The Morgan fingerprint density at radius 2 is 1.67 bits per heavy atom. The number of ether oxygens (including phenoxy) is 2. The average molecular weight is 466 g/mol. The first-order valence-electron chi connectivity index (χ1n) is 11.6. The molecule has 4 rings (SSSR count). The molecule has 6 heteroatoms. The molecule has 174 valence electrons. The summed E-state index contributed by atoms with van der Waals surface area (Å²) in [5.74, 6) is 0.221. The summed E-state index contributed by atoms with van der Waals surface area (Å²) in [5, 5.41) is 2.57. The van der Waals surface area contributed by atoms with Gasteiger partial charge in [-0.05, 0) is 79.1 Å². The van der Waals surface area contributed by atoms with Crippen LogP contribution in [0.3, 0.4) is 0 Å². The standard InChI is InChI=1S/C27H31NO4S/c28-26(29)27(15-18-31-19-16-27)33(30)25-13-11-24(12-14-25)32-17-5-1-2-6-21-9-10-22-7-3-4-8-23(22)20-21/h3-4,7-14,20H,1-2,5-6,15-19H2,(H2,28,29). The molecule has 0 spiro atoms. The van der Waals surface area contributed by atoms with E-state index in [2.05, 4.69) is 42.5 Å². The molecular formula is C27H31NO4S.